The first-order valence-corrected chi connectivity index (χ1v) is 6.61. The Balaban J connectivity index is 1.93. The van der Waals surface area contributed by atoms with Gasteiger partial charge in [-0.2, -0.15) is 0 Å². The van der Waals surface area contributed by atoms with Gasteiger partial charge in [-0.25, -0.2) is 0 Å². The highest BCUT2D eigenvalue weighted by Gasteiger charge is 2.18. The van der Waals surface area contributed by atoms with E-state index < -0.39 is 6.04 Å². The molecule has 2 aromatic rings. The molecule has 0 bridgehead atoms. The van der Waals surface area contributed by atoms with Gasteiger partial charge in [0, 0.05) is 13.2 Å². The number of hydrogen-bond acceptors (Lipinski definition) is 3. The molecule has 0 saturated heterocycles. The van der Waals surface area contributed by atoms with Crippen LogP contribution in [0.25, 0.3) is 0 Å². The fraction of sp³-hybridized carbons (Fsp3) is 0.250. The van der Waals surface area contributed by atoms with Gasteiger partial charge in [0.05, 0.1) is 18.3 Å². The molecular formula is C16H19N3O. The van der Waals surface area contributed by atoms with E-state index in [1.54, 1.807) is 18.1 Å². The molecule has 2 N–H and O–H groups in total. The van der Waals surface area contributed by atoms with Gasteiger partial charge in [-0.05, 0) is 24.1 Å². The maximum atomic E-state index is 12.2. The van der Waals surface area contributed by atoms with Gasteiger partial charge in [0.2, 0.25) is 5.91 Å². The molecule has 1 aromatic carbocycles. The molecule has 0 aliphatic heterocycles. The Labute approximate surface area is 119 Å². The zero-order chi connectivity index (χ0) is 14.4. The minimum atomic E-state index is -0.522. The molecule has 0 radical (unpaired) electrons. The van der Waals surface area contributed by atoms with E-state index in [0.29, 0.717) is 13.0 Å². The van der Waals surface area contributed by atoms with Crippen LogP contribution >= 0.6 is 0 Å². The Morgan fingerprint density at radius 3 is 2.55 bits per heavy atom. The van der Waals surface area contributed by atoms with Gasteiger partial charge in [0.15, 0.2) is 0 Å². The van der Waals surface area contributed by atoms with Crippen LogP contribution in [0.5, 0.6) is 0 Å². The number of amides is 1. The molecule has 1 aromatic heterocycles. The highest BCUT2D eigenvalue weighted by Crippen LogP contribution is 2.06. The molecule has 4 heteroatoms. The summed E-state index contributed by atoms with van der Waals surface area (Å²) in [7, 11) is 1.75. The summed E-state index contributed by atoms with van der Waals surface area (Å²) in [6, 6.07) is 14.9. The lowest BCUT2D eigenvalue weighted by Gasteiger charge is -2.21. The topological polar surface area (TPSA) is 59.2 Å². The van der Waals surface area contributed by atoms with Crippen LogP contribution in [0.1, 0.15) is 11.3 Å². The van der Waals surface area contributed by atoms with Crippen molar-refractivity contribution >= 4 is 5.91 Å². The van der Waals surface area contributed by atoms with Crippen molar-refractivity contribution in [3.63, 3.8) is 0 Å². The van der Waals surface area contributed by atoms with E-state index in [-0.39, 0.29) is 5.91 Å². The third kappa shape index (κ3) is 3.90. The number of carbonyl (C=O) groups is 1. The predicted molar refractivity (Wildman–Crippen MR) is 78.8 cm³/mol. The molecule has 0 saturated carbocycles. The van der Waals surface area contributed by atoms with Crippen LogP contribution < -0.4 is 5.73 Å². The average Bonchev–Trinajstić information content (AvgIpc) is 2.48. The van der Waals surface area contributed by atoms with Gasteiger partial charge in [-0.3, -0.25) is 9.78 Å². The molecule has 0 fully saturated rings. The summed E-state index contributed by atoms with van der Waals surface area (Å²) in [4.78, 5) is 18.1. The van der Waals surface area contributed by atoms with Gasteiger partial charge in [-0.15, -0.1) is 0 Å². The summed E-state index contributed by atoms with van der Waals surface area (Å²) < 4.78 is 0. The summed E-state index contributed by atoms with van der Waals surface area (Å²) in [6.07, 6.45) is 2.27. The quantitative estimate of drug-likeness (QED) is 0.897. The van der Waals surface area contributed by atoms with Gasteiger partial charge >= 0.3 is 0 Å². The van der Waals surface area contributed by atoms with Gasteiger partial charge in [0.25, 0.3) is 0 Å². The van der Waals surface area contributed by atoms with Crippen LogP contribution in [0.4, 0.5) is 0 Å². The molecular weight excluding hydrogens is 250 g/mol. The normalized spacial score (nSPS) is 11.9. The first-order valence-electron chi connectivity index (χ1n) is 6.61. The van der Waals surface area contributed by atoms with E-state index in [4.69, 9.17) is 5.73 Å². The van der Waals surface area contributed by atoms with Crippen molar-refractivity contribution in [1.29, 1.82) is 0 Å². The van der Waals surface area contributed by atoms with E-state index in [2.05, 4.69) is 4.98 Å². The highest BCUT2D eigenvalue weighted by atomic mass is 16.2. The average molecular weight is 269 g/mol. The van der Waals surface area contributed by atoms with E-state index >= 15 is 0 Å². The summed E-state index contributed by atoms with van der Waals surface area (Å²) in [5, 5.41) is 0. The van der Waals surface area contributed by atoms with E-state index in [0.717, 1.165) is 11.3 Å². The first-order chi connectivity index (χ1) is 9.66. The Kier molecular flexibility index (Phi) is 4.85. The van der Waals surface area contributed by atoms with Crippen molar-refractivity contribution < 1.29 is 4.79 Å². The van der Waals surface area contributed by atoms with Crippen molar-refractivity contribution in [2.75, 3.05) is 7.05 Å². The number of nitrogens with zero attached hydrogens (tertiary/aromatic N) is 2. The lowest BCUT2D eigenvalue weighted by atomic mass is 10.1. The third-order valence-corrected chi connectivity index (χ3v) is 3.12. The number of hydrogen-bond donors (Lipinski definition) is 1. The van der Waals surface area contributed by atoms with Crippen molar-refractivity contribution in [2.45, 2.75) is 19.0 Å². The summed E-state index contributed by atoms with van der Waals surface area (Å²) in [6.45, 7) is 0.474. The standard InChI is InChI=1S/C16H19N3O/c1-19(12-14-9-5-6-10-18-14)16(20)15(17)11-13-7-3-2-4-8-13/h2-10,15H,11-12,17H2,1H3/t15-/m1/s1. The number of pyridine rings is 1. The monoisotopic (exact) mass is 269 g/mol. The van der Waals surface area contributed by atoms with Crippen LogP contribution in [-0.2, 0) is 17.8 Å². The second-order valence-electron chi connectivity index (χ2n) is 4.81. The Morgan fingerprint density at radius 1 is 1.20 bits per heavy atom. The van der Waals surface area contributed by atoms with Crippen molar-refractivity contribution in [3.8, 4) is 0 Å². The number of nitrogens with two attached hydrogens (primary N) is 1. The van der Waals surface area contributed by atoms with Crippen LogP contribution in [-0.4, -0.2) is 28.9 Å². The summed E-state index contributed by atoms with van der Waals surface area (Å²) in [5.41, 5.74) is 7.92. The first kappa shape index (κ1) is 14.2. The fourth-order valence-electron chi connectivity index (χ4n) is 2.05. The molecule has 1 amide bonds. The van der Waals surface area contributed by atoms with E-state index in [1.165, 1.54) is 0 Å². The predicted octanol–water partition coefficient (Wildman–Crippen LogP) is 1.61. The Morgan fingerprint density at radius 2 is 1.90 bits per heavy atom. The van der Waals surface area contributed by atoms with Crippen LogP contribution in [0.15, 0.2) is 54.7 Å². The Hall–Kier alpha value is -2.20. The minimum Gasteiger partial charge on any atom is -0.338 e. The van der Waals surface area contributed by atoms with Gasteiger partial charge < -0.3 is 10.6 Å². The number of rotatable bonds is 5. The lowest BCUT2D eigenvalue weighted by molar-refractivity contribution is -0.131. The SMILES string of the molecule is CN(Cc1ccccn1)C(=O)[C@H](N)Cc1ccccc1. The molecule has 0 aliphatic carbocycles. The maximum absolute atomic E-state index is 12.2. The molecule has 0 spiro atoms. The summed E-state index contributed by atoms with van der Waals surface area (Å²) in [5.74, 6) is -0.0699. The van der Waals surface area contributed by atoms with Gasteiger partial charge in [-0.1, -0.05) is 36.4 Å². The smallest absolute Gasteiger partial charge is 0.239 e. The van der Waals surface area contributed by atoms with Crippen molar-refractivity contribution in [3.05, 3.63) is 66.0 Å². The molecule has 4 nitrogen and oxygen atoms in total. The number of likely N-dealkylation sites (N-methyl/N-ethyl adjacent to an activating group) is 1. The van der Waals surface area contributed by atoms with Crippen LogP contribution in [0.3, 0.4) is 0 Å². The van der Waals surface area contributed by atoms with Crippen LogP contribution in [0, 0.1) is 0 Å². The molecule has 1 heterocycles. The summed E-state index contributed by atoms with van der Waals surface area (Å²) >= 11 is 0. The largest absolute Gasteiger partial charge is 0.338 e. The number of carbonyl (C=O) groups excluding carboxylic acids is 1. The third-order valence-electron chi connectivity index (χ3n) is 3.12. The Bertz CT molecular complexity index is 493. The molecule has 104 valence electrons. The zero-order valence-corrected chi connectivity index (χ0v) is 11.6. The second-order valence-corrected chi connectivity index (χ2v) is 4.81. The van der Waals surface area contributed by atoms with E-state index in [1.807, 2.05) is 48.5 Å². The second kappa shape index (κ2) is 6.82. The van der Waals surface area contributed by atoms with Crippen molar-refractivity contribution in [2.24, 2.45) is 5.73 Å². The zero-order valence-electron chi connectivity index (χ0n) is 11.6. The number of benzene rings is 1. The molecule has 1 atom stereocenters. The minimum absolute atomic E-state index is 0.0699. The van der Waals surface area contributed by atoms with E-state index in [9.17, 15) is 4.79 Å². The highest BCUT2D eigenvalue weighted by molar-refractivity contribution is 5.81. The molecule has 0 unspecified atom stereocenters. The molecule has 20 heavy (non-hydrogen) atoms. The van der Waals surface area contributed by atoms with Crippen molar-refractivity contribution in [1.82, 2.24) is 9.88 Å². The van der Waals surface area contributed by atoms with Gasteiger partial charge in [0.1, 0.15) is 0 Å². The number of aromatic nitrogens is 1. The molecule has 0 aliphatic rings. The molecule has 2 rings (SSSR count). The van der Waals surface area contributed by atoms with Crippen LogP contribution in [0.2, 0.25) is 0 Å². The maximum Gasteiger partial charge on any atom is 0.239 e. The fourth-order valence-corrected chi connectivity index (χ4v) is 2.05. The lowest BCUT2D eigenvalue weighted by Crippen LogP contribution is -2.42.